The SMILES string of the molecule is CCOc1cc(CNc2ccc(Cl)c(Cl)c2)c(Br)cc1OCc1ccccc1C. The van der Waals surface area contributed by atoms with Crippen LogP contribution >= 0.6 is 39.1 Å². The maximum absolute atomic E-state index is 6.09. The minimum absolute atomic E-state index is 0.486. The van der Waals surface area contributed by atoms with E-state index in [-0.39, 0.29) is 0 Å². The molecule has 1 N–H and O–H groups in total. The summed E-state index contributed by atoms with van der Waals surface area (Å²) in [4.78, 5) is 0. The van der Waals surface area contributed by atoms with Crippen LogP contribution < -0.4 is 14.8 Å². The highest BCUT2D eigenvalue weighted by molar-refractivity contribution is 9.10. The molecule has 0 spiro atoms. The summed E-state index contributed by atoms with van der Waals surface area (Å²) in [5.74, 6) is 1.43. The van der Waals surface area contributed by atoms with Crippen LogP contribution in [0.1, 0.15) is 23.6 Å². The van der Waals surface area contributed by atoms with Crippen molar-refractivity contribution in [2.45, 2.75) is 27.0 Å². The van der Waals surface area contributed by atoms with Gasteiger partial charge in [-0.15, -0.1) is 0 Å². The van der Waals surface area contributed by atoms with Crippen LogP contribution in [-0.2, 0) is 13.2 Å². The normalized spacial score (nSPS) is 10.7. The van der Waals surface area contributed by atoms with Gasteiger partial charge in [-0.1, -0.05) is 63.4 Å². The summed E-state index contributed by atoms with van der Waals surface area (Å²) in [7, 11) is 0. The van der Waals surface area contributed by atoms with E-state index in [1.54, 1.807) is 12.1 Å². The molecule has 0 aliphatic rings. The van der Waals surface area contributed by atoms with Crippen molar-refractivity contribution in [1.29, 1.82) is 0 Å². The average Bonchev–Trinajstić information content (AvgIpc) is 2.70. The van der Waals surface area contributed by atoms with Crippen LogP contribution in [0.4, 0.5) is 5.69 Å². The van der Waals surface area contributed by atoms with E-state index in [0.29, 0.717) is 35.6 Å². The molecule has 0 heterocycles. The maximum Gasteiger partial charge on any atom is 0.162 e. The molecular weight excluding hydrogens is 473 g/mol. The van der Waals surface area contributed by atoms with Gasteiger partial charge in [0.2, 0.25) is 0 Å². The molecule has 0 atom stereocenters. The third-order valence-corrected chi connectivity index (χ3v) is 5.94. The summed E-state index contributed by atoms with van der Waals surface area (Å²) in [5.41, 5.74) is 4.29. The second-order valence-corrected chi connectivity index (χ2v) is 8.19. The first kappa shape index (κ1) is 21.8. The van der Waals surface area contributed by atoms with E-state index in [0.717, 1.165) is 27.0 Å². The molecule has 0 bridgehead atoms. The third-order valence-electron chi connectivity index (χ3n) is 4.46. The minimum atomic E-state index is 0.486. The van der Waals surface area contributed by atoms with Crippen LogP contribution in [0.5, 0.6) is 11.5 Å². The highest BCUT2D eigenvalue weighted by atomic mass is 79.9. The van der Waals surface area contributed by atoms with Crippen LogP contribution in [0.15, 0.2) is 59.1 Å². The van der Waals surface area contributed by atoms with Gasteiger partial charge in [-0.3, -0.25) is 0 Å². The molecule has 3 rings (SSSR count). The number of hydrogen-bond acceptors (Lipinski definition) is 3. The van der Waals surface area contributed by atoms with Crippen molar-refractivity contribution < 1.29 is 9.47 Å². The lowest BCUT2D eigenvalue weighted by Crippen LogP contribution is -2.04. The van der Waals surface area contributed by atoms with Crippen LogP contribution in [0.3, 0.4) is 0 Å². The molecule has 0 saturated carbocycles. The molecule has 0 aromatic heterocycles. The van der Waals surface area contributed by atoms with Gasteiger partial charge in [0.25, 0.3) is 0 Å². The largest absolute Gasteiger partial charge is 0.490 e. The van der Waals surface area contributed by atoms with E-state index in [4.69, 9.17) is 32.7 Å². The fourth-order valence-corrected chi connectivity index (χ4v) is 3.59. The van der Waals surface area contributed by atoms with Crippen LogP contribution in [0.25, 0.3) is 0 Å². The fourth-order valence-electron chi connectivity index (χ4n) is 2.82. The van der Waals surface area contributed by atoms with Crippen molar-refractivity contribution >= 4 is 44.8 Å². The van der Waals surface area contributed by atoms with E-state index in [9.17, 15) is 0 Å². The van der Waals surface area contributed by atoms with E-state index in [1.807, 2.05) is 37.3 Å². The van der Waals surface area contributed by atoms with Gasteiger partial charge in [0, 0.05) is 16.7 Å². The molecular formula is C23H22BrCl2NO2. The Morgan fingerprint density at radius 3 is 2.38 bits per heavy atom. The lowest BCUT2D eigenvalue weighted by Gasteiger charge is -2.16. The molecule has 3 aromatic rings. The molecule has 6 heteroatoms. The Morgan fingerprint density at radius 2 is 1.66 bits per heavy atom. The Balaban J connectivity index is 1.76. The zero-order valence-electron chi connectivity index (χ0n) is 16.3. The van der Waals surface area contributed by atoms with E-state index >= 15 is 0 Å². The predicted molar refractivity (Wildman–Crippen MR) is 125 cm³/mol. The number of aryl methyl sites for hydroxylation is 1. The number of benzene rings is 3. The van der Waals surface area contributed by atoms with Gasteiger partial charge in [0.1, 0.15) is 6.61 Å². The summed E-state index contributed by atoms with van der Waals surface area (Å²) >= 11 is 15.7. The lowest BCUT2D eigenvalue weighted by molar-refractivity contribution is 0.268. The Labute approximate surface area is 190 Å². The molecule has 0 fully saturated rings. The van der Waals surface area contributed by atoms with E-state index in [1.165, 1.54) is 5.56 Å². The topological polar surface area (TPSA) is 30.5 Å². The fraction of sp³-hybridized carbons (Fsp3) is 0.217. The number of hydrogen-bond donors (Lipinski definition) is 1. The zero-order chi connectivity index (χ0) is 20.8. The number of ether oxygens (including phenoxy) is 2. The summed E-state index contributed by atoms with van der Waals surface area (Å²) in [6, 6.07) is 17.6. The minimum Gasteiger partial charge on any atom is -0.490 e. The predicted octanol–water partition coefficient (Wildman–Crippen LogP) is 7.65. The Morgan fingerprint density at radius 1 is 0.897 bits per heavy atom. The number of anilines is 1. The van der Waals surface area contributed by atoms with Gasteiger partial charge >= 0.3 is 0 Å². The number of rotatable bonds is 8. The molecule has 0 unspecified atom stereocenters. The van der Waals surface area contributed by atoms with Gasteiger partial charge in [0.15, 0.2) is 11.5 Å². The van der Waals surface area contributed by atoms with Crippen LogP contribution in [-0.4, -0.2) is 6.61 Å². The quantitative estimate of drug-likeness (QED) is 0.348. The molecule has 0 aliphatic heterocycles. The Hall–Kier alpha value is -1.88. The molecule has 0 radical (unpaired) electrons. The summed E-state index contributed by atoms with van der Waals surface area (Å²) < 4.78 is 12.8. The summed E-state index contributed by atoms with van der Waals surface area (Å²) in [6.45, 7) is 5.68. The second-order valence-electron chi connectivity index (χ2n) is 6.52. The number of halogens is 3. The van der Waals surface area contributed by atoms with Crippen molar-refractivity contribution in [2.75, 3.05) is 11.9 Å². The average molecular weight is 495 g/mol. The third kappa shape index (κ3) is 5.81. The molecule has 3 nitrogen and oxygen atoms in total. The molecule has 0 aliphatic carbocycles. The highest BCUT2D eigenvalue weighted by Crippen LogP contribution is 2.35. The van der Waals surface area contributed by atoms with E-state index < -0.39 is 0 Å². The van der Waals surface area contributed by atoms with Crippen molar-refractivity contribution in [3.63, 3.8) is 0 Å². The summed E-state index contributed by atoms with van der Waals surface area (Å²) in [6.07, 6.45) is 0. The molecule has 3 aromatic carbocycles. The first-order chi connectivity index (χ1) is 14.0. The number of nitrogens with one attached hydrogen (secondary N) is 1. The standard InChI is InChI=1S/C23H22BrCl2NO2/c1-3-28-22-10-17(13-27-18-8-9-20(25)21(26)11-18)19(24)12-23(22)29-14-16-7-5-4-6-15(16)2/h4-12,27H,3,13-14H2,1-2H3. The maximum atomic E-state index is 6.09. The van der Waals surface area contributed by atoms with Crippen molar-refractivity contribution in [3.05, 3.63) is 85.8 Å². The molecule has 0 saturated heterocycles. The van der Waals surface area contributed by atoms with Crippen molar-refractivity contribution in [2.24, 2.45) is 0 Å². The van der Waals surface area contributed by atoms with Gasteiger partial charge in [-0.25, -0.2) is 0 Å². The Kier molecular flexibility index (Phi) is 7.70. The van der Waals surface area contributed by atoms with Gasteiger partial charge in [-0.05, 0) is 60.9 Å². The van der Waals surface area contributed by atoms with Crippen molar-refractivity contribution in [3.8, 4) is 11.5 Å². The molecule has 29 heavy (non-hydrogen) atoms. The van der Waals surface area contributed by atoms with E-state index in [2.05, 4.69) is 40.3 Å². The monoisotopic (exact) mass is 493 g/mol. The smallest absolute Gasteiger partial charge is 0.162 e. The van der Waals surface area contributed by atoms with Gasteiger partial charge in [-0.2, -0.15) is 0 Å². The lowest BCUT2D eigenvalue weighted by atomic mass is 10.1. The molecule has 152 valence electrons. The highest BCUT2D eigenvalue weighted by Gasteiger charge is 2.12. The van der Waals surface area contributed by atoms with Gasteiger partial charge < -0.3 is 14.8 Å². The Bertz CT molecular complexity index is 995. The van der Waals surface area contributed by atoms with Gasteiger partial charge in [0.05, 0.1) is 16.7 Å². The van der Waals surface area contributed by atoms with Crippen LogP contribution in [0.2, 0.25) is 10.0 Å². The van der Waals surface area contributed by atoms with Crippen LogP contribution in [0, 0.1) is 6.92 Å². The zero-order valence-corrected chi connectivity index (χ0v) is 19.4. The summed E-state index contributed by atoms with van der Waals surface area (Å²) in [5, 5.41) is 4.41. The first-order valence-corrected chi connectivity index (χ1v) is 10.8. The first-order valence-electron chi connectivity index (χ1n) is 9.29. The second kappa shape index (κ2) is 10.2. The molecule has 0 amide bonds. The van der Waals surface area contributed by atoms with Crippen molar-refractivity contribution in [1.82, 2.24) is 0 Å².